The van der Waals surface area contributed by atoms with Crippen molar-refractivity contribution in [3.8, 4) is 5.75 Å². The molecule has 0 aliphatic carbocycles. The molecule has 1 nitrogen and oxygen atoms in total. The molecule has 0 bridgehead atoms. The van der Waals surface area contributed by atoms with Crippen molar-refractivity contribution in [2.45, 2.75) is 15.4 Å². The first-order chi connectivity index (χ1) is 10.8. The average molecular weight is 349 g/mol. The van der Waals surface area contributed by atoms with Gasteiger partial charge in [-0.15, -0.1) is 35.3 Å². The Hall–Kier alpha value is -0.710. The van der Waals surface area contributed by atoms with E-state index in [-0.39, 0.29) is 4.08 Å². The summed E-state index contributed by atoms with van der Waals surface area (Å²) in [4.78, 5) is 1.32. The fraction of sp³-hybridized carbons (Fsp3) is 0.333. The van der Waals surface area contributed by atoms with Crippen molar-refractivity contribution in [3.05, 3.63) is 59.7 Å². The van der Waals surface area contributed by atoms with Gasteiger partial charge in [0.25, 0.3) is 0 Å². The summed E-state index contributed by atoms with van der Waals surface area (Å²) in [5, 5.41) is 0. The van der Waals surface area contributed by atoms with E-state index in [0.717, 1.165) is 5.75 Å². The van der Waals surface area contributed by atoms with Crippen molar-refractivity contribution in [2.24, 2.45) is 0 Å². The molecule has 1 aliphatic rings. The van der Waals surface area contributed by atoms with E-state index in [1.807, 2.05) is 0 Å². The quantitative estimate of drug-likeness (QED) is 0.675. The van der Waals surface area contributed by atoms with Crippen LogP contribution in [0.5, 0.6) is 5.75 Å². The van der Waals surface area contributed by atoms with Crippen LogP contribution in [0.3, 0.4) is 0 Å². The van der Waals surface area contributed by atoms with Crippen LogP contribution in [0.4, 0.5) is 0 Å². The molecule has 0 radical (unpaired) electrons. The molecule has 4 heteroatoms. The second kappa shape index (κ2) is 7.24. The lowest BCUT2D eigenvalue weighted by Gasteiger charge is -2.37. The van der Waals surface area contributed by atoms with Gasteiger partial charge in [0.05, 0.1) is 7.11 Å². The monoisotopic (exact) mass is 348 g/mol. The number of hydrogen-bond donors (Lipinski definition) is 0. The normalized spacial score (nSPS) is 17.2. The maximum atomic E-state index is 5.31. The first kappa shape index (κ1) is 16.2. The minimum Gasteiger partial charge on any atom is -0.497 e. The molecule has 2 aromatic rings. The lowest BCUT2D eigenvalue weighted by molar-refractivity contribution is 0.414. The van der Waals surface area contributed by atoms with Gasteiger partial charge in [0.1, 0.15) is 9.83 Å². The van der Waals surface area contributed by atoms with Gasteiger partial charge < -0.3 is 4.74 Å². The molecule has 1 aliphatic heterocycles. The summed E-state index contributed by atoms with van der Waals surface area (Å²) in [6.45, 7) is 0. The molecule has 1 saturated heterocycles. The fourth-order valence-electron chi connectivity index (χ4n) is 2.65. The van der Waals surface area contributed by atoms with Gasteiger partial charge in [-0.1, -0.05) is 24.3 Å². The van der Waals surface area contributed by atoms with Gasteiger partial charge in [-0.3, -0.25) is 0 Å². The number of ether oxygens (including phenoxy) is 1. The molecule has 0 amide bonds. The minimum absolute atomic E-state index is 0.0153. The number of methoxy groups -OCH3 is 1. The summed E-state index contributed by atoms with van der Waals surface area (Å²) in [6, 6.07) is 17.6. The topological polar surface area (TPSA) is 9.23 Å². The van der Waals surface area contributed by atoms with Crippen LogP contribution in [0.1, 0.15) is 17.5 Å². The average Bonchev–Trinajstić information content (AvgIpc) is 2.62. The summed E-state index contributed by atoms with van der Waals surface area (Å²) in [5.41, 5.74) is 2.75. The third-order valence-corrected chi connectivity index (χ3v) is 8.03. The van der Waals surface area contributed by atoms with Gasteiger partial charge in [0.2, 0.25) is 0 Å². The Morgan fingerprint density at radius 2 is 1.45 bits per heavy atom. The molecule has 116 valence electrons. The van der Waals surface area contributed by atoms with E-state index in [2.05, 4.69) is 78.3 Å². The van der Waals surface area contributed by atoms with Gasteiger partial charge in [-0.05, 0) is 59.6 Å². The number of benzene rings is 2. The molecular weight excluding hydrogens is 328 g/mol. The summed E-state index contributed by atoms with van der Waals surface area (Å²) >= 11 is 5.91. The first-order valence-corrected chi connectivity index (χ1v) is 10.5. The summed E-state index contributed by atoms with van der Waals surface area (Å²) in [6.07, 6.45) is 3.41. The van der Waals surface area contributed by atoms with E-state index in [1.165, 1.54) is 33.9 Å². The molecule has 2 aromatic carbocycles. The Morgan fingerprint density at radius 1 is 0.909 bits per heavy atom. The molecule has 0 N–H and O–H groups in total. The molecule has 1 heterocycles. The molecule has 22 heavy (non-hydrogen) atoms. The minimum atomic E-state index is 0.0153. The Morgan fingerprint density at radius 3 is 1.95 bits per heavy atom. The van der Waals surface area contributed by atoms with Crippen LogP contribution in [0.2, 0.25) is 0 Å². The predicted molar refractivity (Wildman–Crippen MR) is 102 cm³/mol. The molecule has 0 aromatic heterocycles. The molecule has 1 fully saturated rings. The number of hydrogen-bond acceptors (Lipinski definition) is 4. The van der Waals surface area contributed by atoms with Gasteiger partial charge in [0.15, 0.2) is 0 Å². The largest absolute Gasteiger partial charge is 0.497 e. The van der Waals surface area contributed by atoms with Crippen molar-refractivity contribution >= 4 is 35.3 Å². The molecule has 0 unspecified atom stereocenters. The molecule has 0 spiro atoms. The van der Waals surface area contributed by atoms with E-state index in [4.69, 9.17) is 4.74 Å². The second-order valence-electron chi connectivity index (χ2n) is 5.12. The number of rotatable bonds is 4. The van der Waals surface area contributed by atoms with Crippen molar-refractivity contribution in [1.82, 2.24) is 0 Å². The van der Waals surface area contributed by atoms with E-state index >= 15 is 0 Å². The Labute approximate surface area is 145 Å². The standard InChI is InChI=1S/C18H20OS3/c1-19-16-8-4-14(5-9-16)18(21-12-3-13-22-18)15-6-10-17(20-2)11-7-15/h4-11H,3,12-13H2,1-2H3. The Bertz CT molecular complexity index is 552. The zero-order valence-corrected chi connectivity index (χ0v) is 15.3. The van der Waals surface area contributed by atoms with Gasteiger partial charge >= 0.3 is 0 Å². The van der Waals surface area contributed by atoms with Crippen molar-refractivity contribution < 1.29 is 4.74 Å². The van der Waals surface area contributed by atoms with Crippen LogP contribution >= 0.6 is 35.3 Å². The smallest absolute Gasteiger partial charge is 0.118 e. The third kappa shape index (κ3) is 3.15. The molecule has 0 saturated carbocycles. The SMILES string of the molecule is COc1ccc(C2(c3ccc(SC)cc3)SCCCS2)cc1. The highest BCUT2D eigenvalue weighted by atomic mass is 32.2. The fourth-order valence-corrected chi connectivity index (χ4v) is 6.44. The molecule has 3 rings (SSSR count). The highest BCUT2D eigenvalue weighted by Crippen LogP contribution is 2.55. The van der Waals surface area contributed by atoms with Gasteiger partial charge in [-0.2, -0.15) is 0 Å². The summed E-state index contributed by atoms with van der Waals surface area (Å²) in [5.74, 6) is 3.34. The first-order valence-electron chi connectivity index (χ1n) is 7.35. The Balaban J connectivity index is 2.02. The summed E-state index contributed by atoms with van der Waals surface area (Å²) in [7, 11) is 1.72. The van der Waals surface area contributed by atoms with E-state index in [1.54, 1.807) is 18.9 Å². The van der Waals surface area contributed by atoms with Crippen molar-refractivity contribution in [3.63, 3.8) is 0 Å². The zero-order valence-electron chi connectivity index (χ0n) is 12.9. The third-order valence-electron chi connectivity index (χ3n) is 3.84. The second-order valence-corrected chi connectivity index (χ2v) is 8.88. The van der Waals surface area contributed by atoms with Crippen molar-refractivity contribution in [1.29, 1.82) is 0 Å². The van der Waals surface area contributed by atoms with Gasteiger partial charge in [0, 0.05) is 4.90 Å². The van der Waals surface area contributed by atoms with Gasteiger partial charge in [-0.25, -0.2) is 0 Å². The van der Waals surface area contributed by atoms with Crippen LogP contribution in [0.25, 0.3) is 0 Å². The van der Waals surface area contributed by atoms with Crippen LogP contribution < -0.4 is 4.74 Å². The maximum absolute atomic E-state index is 5.31. The lowest BCUT2D eigenvalue weighted by Crippen LogP contribution is -2.24. The zero-order chi connectivity index (χ0) is 15.4. The highest BCUT2D eigenvalue weighted by molar-refractivity contribution is 8.18. The predicted octanol–water partition coefficient (Wildman–Crippen LogP) is 5.49. The lowest BCUT2D eigenvalue weighted by atomic mass is 10.0. The van der Waals surface area contributed by atoms with E-state index < -0.39 is 0 Å². The highest BCUT2D eigenvalue weighted by Gasteiger charge is 2.37. The van der Waals surface area contributed by atoms with E-state index in [9.17, 15) is 0 Å². The van der Waals surface area contributed by atoms with E-state index in [0.29, 0.717) is 0 Å². The van der Waals surface area contributed by atoms with Crippen LogP contribution in [-0.4, -0.2) is 24.9 Å². The molecular formula is C18H20OS3. The number of thioether (sulfide) groups is 3. The Kier molecular flexibility index (Phi) is 5.32. The molecule has 0 atom stereocenters. The van der Waals surface area contributed by atoms with Crippen molar-refractivity contribution in [2.75, 3.05) is 24.9 Å². The van der Waals surface area contributed by atoms with Crippen LogP contribution in [0, 0.1) is 0 Å². The summed E-state index contributed by atoms with van der Waals surface area (Å²) < 4.78 is 5.32. The van der Waals surface area contributed by atoms with Crippen LogP contribution in [-0.2, 0) is 4.08 Å². The van der Waals surface area contributed by atoms with Crippen LogP contribution in [0.15, 0.2) is 53.4 Å². The maximum Gasteiger partial charge on any atom is 0.118 e.